The zero-order valence-corrected chi connectivity index (χ0v) is 18.5. The fourth-order valence-corrected chi connectivity index (χ4v) is 4.87. The van der Waals surface area contributed by atoms with Gasteiger partial charge in [-0.1, -0.05) is 24.3 Å². The summed E-state index contributed by atoms with van der Waals surface area (Å²) in [6.07, 6.45) is -0.910. The highest BCUT2D eigenvalue weighted by Gasteiger charge is 2.42. The Morgan fingerprint density at radius 1 is 1.16 bits per heavy atom. The second-order valence-electron chi connectivity index (χ2n) is 7.80. The number of anilines is 2. The Morgan fingerprint density at radius 3 is 2.58 bits per heavy atom. The van der Waals surface area contributed by atoms with Gasteiger partial charge in [-0.15, -0.1) is 11.3 Å². The number of hydrogen-bond donors (Lipinski definition) is 2. The quantitative estimate of drug-likeness (QED) is 0.439. The lowest BCUT2D eigenvalue weighted by molar-refractivity contribution is 0.0532. The van der Waals surface area contributed by atoms with E-state index in [-0.39, 0.29) is 5.97 Å². The van der Waals surface area contributed by atoms with E-state index in [9.17, 15) is 9.90 Å². The van der Waals surface area contributed by atoms with Gasteiger partial charge in [0.2, 0.25) is 0 Å². The van der Waals surface area contributed by atoms with Crippen LogP contribution in [0, 0.1) is 0 Å². The number of carbonyl (C=O) groups is 1. The lowest BCUT2D eigenvalue weighted by atomic mass is 9.89. The molecule has 0 spiro atoms. The van der Waals surface area contributed by atoms with E-state index in [1.54, 1.807) is 25.1 Å². The molecule has 6 nitrogen and oxygen atoms in total. The molecule has 1 aromatic heterocycles. The van der Waals surface area contributed by atoms with Crippen molar-refractivity contribution in [1.82, 2.24) is 0 Å². The molecule has 2 heterocycles. The molecule has 0 fully saturated rings. The molecule has 0 saturated heterocycles. The van der Waals surface area contributed by atoms with Gasteiger partial charge in [0.25, 0.3) is 0 Å². The SMILES string of the molecule is CCOC(=O)c1ccc(C2=Nc3ccccc3N(C(O)c3ccc(N)cc3)C2(C)C)s1. The van der Waals surface area contributed by atoms with E-state index < -0.39 is 11.8 Å². The summed E-state index contributed by atoms with van der Waals surface area (Å²) in [5, 5.41) is 11.4. The van der Waals surface area contributed by atoms with Crippen LogP contribution < -0.4 is 10.6 Å². The predicted molar refractivity (Wildman–Crippen MR) is 125 cm³/mol. The first-order valence-corrected chi connectivity index (χ1v) is 10.9. The van der Waals surface area contributed by atoms with Gasteiger partial charge in [-0.25, -0.2) is 9.79 Å². The summed E-state index contributed by atoms with van der Waals surface area (Å²) >= 11 is 1.35. The third kappa shape index (κ3) is 3.82. The fraction of sp³-hybridized carbons (Fsp3) is 0.250. The number of aliphatic hydroxyl groups excluding tert-OH is 1. The molecule has 4 rings (SSSR count). The normalized spacial score (nSPS) is 15.7. The number of aliphatic hydroxyl groups is 1. The van der Waals surface area contributed by atoms with Gasteiger partial charge in [-0.2, -0.15) is 0 Å². The molecule has 0 radical (unpaired) electrons. The molecule has 0 bridgehead atoms. The van der Waals surface area contributed by atoms with Crippen LogP contribution >= 0.6 is 11.3 Å². The third-order valence-corrected chi connectivity index (χ3v) is 6.42. The van der Waals surface area contributed by atoms with E-state index in [1.165, 1.54) is 11.3 Å². The maximum atomic E-state index is 12.2. The van der Waals surface area contributed by atoms with Crippen LogP contribution in [0.1, 0.15) is 47.1 Å². The monoisotopic (exact) mass is 435 g/mol. The number of aliphatic imine (C=N–C) groups is 1. The fourth-order valence-electron chi connectivity index (χ4n) is 3.82. The molecule has 1 aliphatic rings. The van der Waals surface area contributed by atoms with E-state index in [1.807, 2.05) is 61.2 Å². The van der Waals surface area contributed by atoms with Crippen molar-refractivity contribution in [2.24, 2.45) is 4.99 Å². The van der Waals surface area contributed by atoms with Gasteiger partial charge in [0, 0.05) is 11.3 Å². The Bertz CT molecular complexity index is 1130. The highest BCUT2D eigenvalue weighted by atomic mass is 32.1. The van der Waals surface area contributed by atoms with Gasteiger partial charge >= 0.3 is 5.97 Å². The van der Waals surface area contributed by atoms with Crippen LogP contribution in [-0.2, 0) is 4.74 Å². The summed E-state index contributed by atoms with van der Waals surface area (Å²) in [5.74, 6) is -0.341. The van der Waals surface area contributed by atoms with Crippen molar-refractivity contribution < 1.29 is 14.6 Å². The average Bonchev–Trinajstić information content (AvgIpc) is 3.23. The first-order chi connectivity index (χ1) is 14.8. The molecule has 0 aliphatic carbocycles. The maximum absolute atomic E-state index is 12.2. The number of nitrogens with zero attached hydrogens (tertiary/aromatic N) is 2. The number of esters is 1. The molecule has 160 valence electrons. The summed E-state index contributed by atoms with van der Waals surface area (Å²) in [7, 11) is 0. The Balaban J connectivity index is 1.80. The van der Waals surface area contributed by atoms with Crippen molar-refractivity contribution in [1.29, 1.82) is 0 Å². The lowest BCUT2D eigenvalue weighted by Crippen LogP contribution is -2.53. The standard InChI is InChI=1S/C24H25N3O3S/c1-4-30-23(29)20-14-13-19(31-20)21-24(2,3)27(18-8-6-5-7-17(18)26-21)22(28)15-9-11-16(25)12-10-15/h5-14,22,28H,4,25H2,1-3H3. The van der Waals surface area contributed by atoms with Crippen LogP contribution in [0.4, 0.5) is 17.1 Å². The van der Waals surface area contributed by atoms with Crippen LogP contribution in [0.25, 0.3) is 0 Å². The van der Waals surface area contributed by atoms with Crippen molar-refractivity contribution in [2.75, 3.05) is 17.2 Å². The molecule has 3 N–H and O–H groups in total. The minimum absolute atomic E-state index is 0.327. The van der Waals surface area contributed by atoms with Gasteiger partial charge in [0.05, 0.1) is 34.1 Å². The summed E-state index contributed by atoms with van der Waals surface area (Å²) in [4.78, 5) is 20.4. The number of hydrogen-bond acceptors (Lipinski definition) is 7. The molecule has 2 aromatic carbocycles. The van der Waals surface area contributed by atoms with Crippen molar-refractivity contribution in [2.45, 2.75) is 32.5 Å². The zero-order valence-electron chi connectivity index (χ0n) is 17.7. The number of nitrogen functional groups attached to an aromatic ring is 1. The number of nitrogens with two attached hydrogens (primary N) is 1. The minimum Gasteiger partial charge on any atom is -0.462 e. The number of fused-ring (bicyclic) bond motifs is 1. The second-order valence-corrected chi connectivity index (χ2v) is 8.89. The van der Waals surface area contributed by atoms with Crippen molar-refractivity contribution in [3.63, 3.8) is 0 Å². The van der Waals surface area contributed by atoms with Crippen LogP contribution in [0.5, 0.6) is 0 Å². The van der Waals surface area contributed by atoms with Crippen LogP contribution in [0.15, 0.2) is 65.7 Å². The summed E-state index contributed by atoms with van der Waals surface area (Å²) in [6, 6.07) is 18.6. The topological polar surface area (TPSA) is 88.1 Å². The predicted octanol–water partition coefficient (Wildman–Crippen LogP) is 4.92. The largest absolute Gasteiger partial charge is 0.462 e. The zero-order chi connectivity index (χ0) is 22.2. The first-order valence-electron chi connectivity index (χ1n) is 10.1. The summed E-state index contributed by atoms with van der Waals surface area (Å²) < 4.78 is 5.13. The minimum atomic E-state index is -0.910. The molecule has 1 aliphatic heterocycles. The lowest BCUT2D eigenvalue weighted by Gasteiger charge is -2.46. The Morgan fingerprint density at radius 2 is 1.87 bits per heavy atom. The van der Waals surface area contributed by atoms with Crippen LogP contribution in [-0.4, -0.2) is 28.9 Å². The van der Waals surface area contributed by atoms with Gasteiger partial charge in [-0.3, -0.25) is 0 Å². The van der Waals surface area contributed by atoms with Gasteiger partial charge < -0.3 is 20.5 Å². The summed E-state index contributed by atoms with van der Waals surface area (Å²) in [6.45, 7) is 6.15. The van der Waals surface area contributed by atoms with Gasteiger partial charge in [0.1, 0.15) is 4.88 Å². The Hall–Kier alpha value is -3.16. The van der Waals surface area contributed by atoms with E-state index >= 15 is 0 Å². The molecule has 1 unspecified atom stereocenters. The van der Waals surface area contributed by atoms with E-state index in [0.29, 0.717) is 17.2 Å². The number of carbonyl (C=O) groups excluding carboxylic acids is 1. The molecular formula is C24H25N3O3S. The average molecular weight is 436 g/mol. The smallest absolute Gasteiger partial charge is 0.348 e. The molecule has 3 aromatic rings. The number of para-hydroxylation sites is 2. The molecule has 0 amide bonds. The first kappa shape index (κ1) is 21.1. The van der Waals surface area contributed by atoms with Gasteiger partial charge in [-0.05, 0) is 57.2 Å². The Labute approximate surface area is 185 Å². The van der Waals surface area contributed by atoms with Crippen LogP contribution in [0.3, 0.4) is 0 Å². The van der Waals surface area contributed by atoms with Crippen molar-refractivity contribution in [3.8, 4) is 0 Å². The van der Waals surface area contributed by atoms with Gasteiger partial charge in [0.15, 0.2) is 6.23 Å². The van der Waals surface area contributed by atoms with Crippen molar-refractivity contribution >= 4 is 40.1 Å². The van der Waals surface area contributed by atoms with Crippen LogP contribution in [0.2, 0.25) is 0 Å². The number of thiophene rings is 1. The molecule has 7 heteroatoms. The summed E-state index contributed by atoms with van der Waals surface area (Å²) in [5.41, 5.74) is 8.92. The number of rotatable bonds is 5. The third-order valence-electron chi connectivity index (χ3n) is 5.35. The second kappa shape index (κ2) is 8.17. The number of benzene rings is 2. The number of ether oxygens (including phenoxy) is 1. The molecular weight excluding hydrogens is 410 g/mol. The highest BCUT2D eigenvalue weighted by Crippen LogP contribution is 2.45. The van der Waals surface area contributed by atoms with E-state index in [2.05, 4.69) is 0 Å². The molecule has 1 atom stereocenters. The highest BCUT2D eigenvalue weighted by molar-refractivity contribution is 7.16. The molecule has 31 heavy (non-hydrogen) atoms. The van der Waals surface area contributed by atoms with Crippen molar-refractivity contribution in [3.05, 3.63) is 76.0 Å². The Kier molecular flexibility index (Phi) is 5.56. The van der Waals surface area contributed by atoms with E-state index in [4.69, 9.17) is 15.5 Å². The maximum Gasteiger partial charge on any atom is 0.348 e. The molecule has 0 saturated carbocycles. The van der Waals surface area contributed by atoms with E-state index in [0.717, 1.165) is 27.5 Å².